The lowest BCUT2D eigenvalue weighted by Gasteiger charge is -2.26. The van der Waals surface area contributed by atoms with Gasteiger partial charge in [0.05, 0.1) is 23.5 Å². The summed E-state index contributed by atoms with van der Waals surface area (Å²) in [6.07, 6.45) is 0.904. The van der Waals surface area contributed by atoms with Gasteiger partial charge in [0.1, 0.15) is 23.0 Å². The zero-order valence-corrected chi connectivity index (χ0v) is 15.3. The van der Waals surface area contributed by atoms with E-state index in [0.29, 0.717) is 23.3 Å². The van der Waals surface area contributed by atoms with Gasteiger partial charge in [-0.3, -0.25) is 0 Å². The molecular formula is C22H18N2O4. The van der Waals surface area contributed by atoms with E-state index in [9.17, 15) is 10.1 Å². The number of nitriles is 1. The first-order chi connectivity index (χ1) is 13.6. The quantitative estimate of drug-likeness (QED) is 0.698. The van der Waals surface area contributed by atoms with Crippen molar-refractivity contribution in [2.45, 2.75) is 19.3 Å². The van der Waals surface area contributed by atoms with Gasteiger partial charge in [-0.2, -0.15) is 5.26 Å². The zero-order valence-electron chi connectivity index (χ0n) is 15.3. The van der Waals surface area contributed by atoms with E-state index < -0.39 is 11.5 Å². The summed E-state index contributed by atoms with van der Waals surface area (Å²) in [5.74, 6) is 0.371. The molecule has 0 radical (unpaired) electrons. The Hall–Kier alpha value is -3.72. The number of para-hydroxylation sites is 1. The van der Waals surface area contributed by atoms with Crippen molar-refractivity contribution >= 4 is 11.0 Å². The minimum absolute atomic E-state index is 0.0120. The van der Waals surface area contributed by atoms with Crippen LogP contribution in [0.15, 0.2) is 69.2 Å². The summed E-state index contributed by atoms with van der Waals surface area (Å²) in [4.78, 5) is 12.8. The number of allylic oxidation sites excluding steroid dienone is 1. The number of nitrogens with zero attached hydrogens (tertiary/aromatic N) is 1. The van der Waals surface area contributed by atoms with Gasteiger partial charge in [-0.05, 0) is 36.2 Å². The second kappa shape index (κ2) is 7.12. The van der Waals surface area contributed by atoms with Crippen molar-refractivity contribution in [2.24, 2.45) is 5.73 Å². The molecule has 3 aromatic rings. The molecule has 1 aromatic heterocycles. The summed E-state index contributed by atoms with van der Waals surface area (Å²) < 4.78 is 16.8. The molecule has 4 rings (SSSR count). The second-order valence-electron chi connectivity index (χ2n) is 6.47. The Morgan fingerprint density at radius 1 is 1.18 bits per heavy atom. The molecule has 28 heavy (non-hydrogen) atoms. The van der Waals surface area contributed by atoms with E-state index >= 15 is 0 Å². The average Bonchev–Trinajstić information content (AvgIpc) is 2.72. The Balaban J connectivity index is 1.91. The highest BCUT2D eigenvalue weighted by molar-refractivity contribution is 5.86. The van der Waals surface area contributed by atoms with Crippen molar-refractivity contribution in [3.63, 3.8) is 0 Å². The van der Waals surface area contributed by atoms with Crippen LogP contribution in [0.5, 0.6) is 11.5 Å². The first kappa shape index (κ1) is 17.7. The van der Waals surface area contributed by atoms with E-state index in [1.165, 1.54) is 0 Å². The average molecular weight is 374 g/mol. The maximum Gasteiger partial charge on any atom is 0.344 e. The van der Waals surface area contributed by atoms with Gasteiger partial charge < -0.3 is 19.6 Å². The topological polar surface area (TPSA) is 98.5 Å². The molecular weight excluding hydrogens is 356 g/mol. The van der Waals surface area contributed by atoms with E-state index in [1.807, 2.05) is 37.3 Å². The SMILES string of the molecule is CCCOc1ccc([C@H]2C(C#N)=C(N)Oc3c2c(=O)oc2ccccc32)cc1. The molecule has 0 spiro atoms. The Morgan fingerprint density at radius 3 is 2.64 bits per heavy atom. The first-order valence-electron chi connectivity index (χ1n) is 9.00. The first-order valence-corrected chi connectivity index (χ1v) is 9.00. The maximum atomic E-state index is 12.8. The molecule has 0 bridgehead atoms. The normalized spacial score (nSPS) is 15.6. The van der Waals surface area contributed by atoms with E-state index in [1.54, 1.807) is 18.2 Å². The summed E-state index contributed by atoms with van der Waals surface area (Å²) in [6.45, 7) is 2.65. The number of hydrogen-bond acceptors (Lipinski definition) is 6. The van der Waals surface area contributed by atoms with Gasteiger partial charge in [0.15, 0.2) is 5.75 Å². The monoisotopic (exact) mass is 374 g/mol. The van der Waals surface area contributed by atoms with Crippen LogP contribution in [0, 0.1) is 11.3 Å². The van der Waals surface area contributed by atoms with E-state index in [-0.39, 0.29) is 17.0 Å². The highest BCUT2D eigenvalue weighted by Gasteiger charge is 2.35. The van der Waals surface area contributed by atoms with E-state index in [4.69, 9.17) is 19.6 Å². The summed E-state index contributed by atoms with van der Waals surface area (Å²) in [5, 5.41) is 10.3. The van der Waals surface area contributed by atoms with Gasteiger partial charge in [-0.15, -0.1) is 0 Å². The molecule has 0 unspecified atom stereocenters. The largest absolute Gasteiger partial charge is 0.494 e. The fourth-order valence-electron chi connectivity index (χ4n) is 3.38. The summed E-state index contributed by atoms with van der Waals surface area (Å²) >= 11 is 0. The molecule has 0 saturated heterocycles. The van der Waals surface area contributed by atoms with Crippen molar-refractivity contribution in [3.8, 4) is 17.6 Å². The lowest BCUT2D eigenvalue weighted by Crippen LogP contribution is -2.26. The number of ether oxygens (including phenoxy) is 2. The third kappa shape index (κ3) is 2.87. The highest BCUT2D eigenvalue weighted by atomic mass is 16.5. The molecule has 6 heteroatoms. The van der Waals surface area contributed by atoms with Gasteiger partial charge in [-0.1, -0.05) is 31.2 Å². The smallest absolute Gasteiger partial charge is 0.344 e. The maximum absolute atomic E-state index is 12.8. The van der Waals surface area contributed by atoms with Gasteiger partial charge in [0.2, 0.25) is 5.88 Å². The summed E-state index contributed by atoms with van der Waals surface area (Å²) in [6, 6.07) is 16.4. The third-order valence-corrected chi connectivity index (χ3v) is 4.66. The minimum atomic E-state index is -0.671. The minimum Gasteiger partial charge on any atom is -0.494 e. The van der Waals surface area contributed by atoms with Crippen LogP contribution in [-0.4, -0.2) is 6.61 Å². The van der Waals surface area contributed by atoms with Crippen LogP contribution in [0.2, 0.25) is 0 Å². The molecule has 6 nitrogen and oxygen atoms in total. The third-order valence-electron chi connectivity index (χ3n) is 4.66. The van der Waals surface area contributed by atoms with Crippen LogP contribution < -0.4 is 20.8 Å². The number of benzene rings is 2. The number of hydrogen-bond donors (Lipinski definition) is 1. The predicted octanol–water partition coefficient (Wildman–Crippen LogP) is 3.80. The molecule has 0 amide bonds. The molecule has 1 aliphatic heterocycles. The predicted molar refractivity (Wildman–Crippen MR) is 104 cm³/mol. The molecule has 0 saturated carbocycles. The fourth-order valence-corrected chi connectivity index (χ4v) is 3.38. The summed E-state index contributed by atoms with van der Waals surface area (Å²) in [5.41, 5.74) is 7.08. The van der Waals surface area contributed by atoms with Crippen LogP contribution in [0.3, 0.4) is 0 Å². The Kier molecular flexibility index (Phi) is 4.50. The molecule has 2 N–H and O–H groups in total. The van der Waals surface area contributed by atoms with Gasteiger partial charge in [0, 0.05) is 0 Å². The lowest BCUT2D eigenvalue weighted by molar-refractivity contribution is 0.317. The number of fused-ring (bicyclic) bond motifs is 3. The molecule has 1 aliphatic rings. The number of nitrogens with two attached hydrogens (primary N) is 1. The van der Waals surface area contributed by atoms with Crippen LogP contribution in [0.25, 0.3) is 11.0 Å². The van der Waals surface area contributed by atoms with Crippen molar-refractivity contribution in [2.75, 3.05) is 6.61 Å². The summed E-state index contributed by atoms with van der Waals surface area (Å²) in [7, 11) is 0. The van der Waals surface area contributed by atoms with Gasteiger partial charge >= 0.3 is 5.63 Å². The molecule has 2 heterocycles. The molecule has 140 valence electrons. The van der Waals surface area contributed by atoms with Crippen LogP contribution in [-0.2, 0) is 0 Å². The van der Waals surface area contributed by atoms with E-state index in [2.05, 4.69) is 6.07 Å². The van der Waals surface area contributed by atoms with Crippen molar-refractivity contribution in [3.05, 3.63) is 81.5 Å². The Morgan fingerprint density at radius 2 is 1.93 bits per heavy atom. The highest BCUT2D eigenvalue weighted by Crippen LogP contribution is 2.43. The van der Waals surface area contributed by atoms with Crippen molar-refractivity contribution in [1.82, 2.24) is 0 Å². The van der Waals surface area contributed by atoms with Gasteiger partial charge in [0.25, 0.3) is 0 Å². The standard InChI is InChI=1S/C22H18N2O4/c1-2-11-26-14-9-7-13(8-10-14)18-16(12-23)21(24)28-20-15-5-3-4-6-17(15)27-22(25)19(18)20/h3-10,18H,2,11,24H2,1H3/t18-/m0/s1. The molecule has 2 aromatic carbocycles. The van der Waals surface area contributed by atoms with Crippen LogP contribution in [0.4, 0.5) is 0 Å². The number of rotatable bonds is 4. The Labute approximate surface area is 161 Å². The molecule has 0 aliphatic carbocycles. The lowest BCUT2D eigenvalue weighted by atomic mass is 9.84. The zero-order chi connectivity index (χ0) is 19.7. The van der Waals surface area contributed by atoms with Crippen LogP contribution >= 0.6 is 0 Å². The van der Waals surface area contributed by atoms with Crippen LogP contribution in [0.1, 0.15) is 30.4 Å². The van der Waals surface area contributed by atoms with Crippen molar-refractivity contribution < 1.29 is 13.9 Å². The second-order valence-corrected chi connectivity index (χ2v) is 6.47. The van der Waals surface area contributed by atoms with Crippen molar-refractivity contribution in [1.29, 1.82) is 5.26 Å². The molecule has 1 atom stereocenters. The Bertz CT molecular complexity index is 1170. The fraction of sp³-hybridized carbons (Fsp3) is 0.182. The molecule has 0 fully saturated rings. The van der Waals surface area contributed by atoms with E-state index in [0.717, 1.165) is 17.7 Å². The van der Waals surface area contributed by atoms with Gasteiger partial charge in [-0.25, -0.2) is 4.79 Å².